The molecule has 0 atom stereocenters. The molecule has 2 aromatic carbocycles. The highest BCUT2D eigenvalue weighted by Crippen LogP contribution is 2.34. The lowest BCUT2D eigenvalue weighted by atomic mass is 10.1. The molecule has 0 saturated heterocycles. The van der Waals surface area contributed by atoms with Crippen LogP contribution in [0.4, 0.5) is 11.4 Å². The quantitative estimate of drug-likeness (QED) is 0.913. The molecule has 0 spiro atoms. The van der Waals surface area contributed by atoms with Gasteiger partial charge < -0.3 is 9.64 Å². The molecule has 0 aromatic heterocycles. The van der Waals surface area contributed by atoms with Crippen molar-refractivity contribution in [2.45, 2.75) is 25.7 Å². The van der Waals surface area contributed by atoms with Gasteiger partial charge in [-0.25, -0.2) is 8.42 Å². The zero-order valence-corrected chi connectivity index (χ0v) is 15.2. The Kier molecular flexibility index (Phi) is 4.43. The van der Waals surface area contributed by atoms with E-state index in [-0.39, 0.29) is 10.8 Å². The molecule has 2 aromatic rings. The number of hydrogen-bond donors (Lipinski definition) is 1. The number of nitrogens with zero attached hydrogens (tertiary/aromatic N) is 1. The number of aryl methyl sites for hydroxylation is 1. The van der Waals surface area contributed by atoms with Gasteiger partial charge in [-0.15, -0.1) is 0 Å². The van der Waals surface area contributed by atoms with Gasteiger partial charge in [-0.1, -0.05) is 12.1 Å². The van der Waals surface area contributed by atoms with Crippen molar-refractivity contribution in [3.05, 3.63) is 47.5 Å². The molecule has 0 unspecified atom stereocenters. The van der Waals surface area contributed by atoms with Gasteiger partial charge in [-0.3, -0.25) is 9.52 Å². The molecule has 0 aliphatic carbocycles. The maximum Gasteiger partial charge on any atom is 0.261 e. The lowest BCUT2D eigenvalue weighted by molar-refractivity contribution is -0.116. The Bertz CT molecular complexity index is 938. The highest BCUT2D eigenvalue weighted by molar-refractivity contribution is 7.92. The van der Waals surface area contributed by atoms with E-state index in [9.17, 15) is 13.2 Å². The normalized spacial score (nSPS) is 13.8. The van der Waals surface area contributed by atoms with Crippen LogP contribution in [0.5, 0.6) is 5.75 Å². The summed E-state index contributed by atoms with van der Waals surface area (Å²) in [6.07, 6.45) is 0. The molecule has 0 fully saturated rings. The van der Waals surface area contributed by atoms with Crippen LogP contribution in [0.2, 0.25) is 0 Å². The molecule has 0 saturated carbocycles. The van der Waals surface area contributed by atoms with E-state index < -0.39 is 10.0 Å². The van der Waals surface area contributed by atoms with Crippen molar-refractivity contribution in [3.63, 3.8) is 0 Å². The number of nitrogens with one attached hydrogen (secondary N) is 1. The standard InChI is InChI=1S/C18H20N2O4S/c1-12-5-4-6-16(13(12)2)19-25(22,23)15-7-8-18-17(11-15)20(14(3)21)9-10-24-18/h4-8,11,19H,9-10H2,1-3H3. The van der Waals surface area contributed by atoms with Gasteiger partial charge in [0.15, 0.2) is 0 Å². The van der Waals surface area contributed by atoms with Crippen LogP contribution in [-0.4, -0.2) is 27.5 Å². The summed E-state index contributed by atoms with van der Waals surface area (Å²) < 4.78 is 33.7. The van der Waals surface area contributed by atoms with E-state index in [1.165, 1.54) is 24.0 Å². The maximum absolute atomic E-state index is 12.8. The van der Waals surface area contributed by atoms with Crippen LogP contribution in [0, 0.1) is 13.8 Å². The summed E-state index contributed by atoms with van der Waals surface area (Å²) in [6.45, 7) is 6.03. The van der Waals surface area contributed by atoms with E-state index in [1.54, 1.807) is 18.2 Å². The van der Waals surface area contributed by atoms with Crippen molar-refractivity contribution in [3.8, 4) is 5.75 Å². The summed E-state index contributed by atoms with van der Waals surface area (Å²) in [5, 5.41) is 0. The van der Waals surface area contributed by atoms with E-state index in [0.717, 1.165) is 11.1 Å². The molecule has 0 radical (unpaired) electrons. The van der Waals surface area contributed by atoms with Crippen LogP contribution < -0.4 is 14.4 Å². The Morgan fingerprint density at radius 2 is 1.96 bits per heavy atom. The molecule has 7 heteroatoms. The summed E-state index contributed by atoms with van der Waals surface area (Å²) in [5.74, 6) is 0.355. The first kappa shape index (κ1) is 17.3. The van der Waals surface area contributed by atoms with Crippen LogP contribution in [-0.2, 0) is 14.8 Å². The minimum Gasteiger partial charge on any atom is -0.490 e. The van der Waals surface area contributed by atoms with Crippen LogP contribution in [0.3, 0.4) is 0 Å². The Hall–Kier alpha value is -2.54. The Morgan fingerprint density at radius 3 is 2.68 bits per heavy atom. The van der Waals surface area contributed by atoms with Crippen LogP contribution in [0.25, 0.3) is 0 Å². The van der Waals surface area contributed by atoms with Crippen molar-refractivity contribution in [1.82, 2.24) is 0 Å². The number of amides is 1. The molecule has 25 heavy (non-hydrogen) atoms. The van der Waals surface area contributed by atoms with Gasteiger partial charge in [0.1, 0.15) is 12.4 Å². The molecule has 1 aliphatic heterocycles. The third-order valence-electron chi connectivity index (χ3n) is 4.33. The van der Waals surface area contributed by atoms with Crippen molar-refractivity contribution in [1.29, 1.82) is 0 Å². The molecule has 132 valence electrons. The van der Waals surface area contributed by atoms with Crippen LogP contribution in [0.1, 0.15) is 18.1 Å². The van der Waals surface area contributed by atoms with Crippen LogP contribution in [0.15, 0.2) is 41.3 Å². The molecule has 3 rings (SSSR count). The second-order valence-corrected chi connectivity index (χ2v) is 7.68. The van der Waals surface area contributed by atoms with Crippen molar-refractivity contribution in [2.24, 2.45) is 0 Å². The first-order valence-electron chi connectivity index (χ1n) is 7.93. The van der Waals surface area contributed by atoms with Gasteiger partial charge in [-0.05, 0) is 49.2 Å². The molecule has 6 nitrogen and oxygen atoms in total. The number of sulfonamides is 1. The summed E-state index contributed by atoms with van der Waals surface area (Å²) in [6, 6.07) is 10.00. The average Bonchev–Trinajstić information content (AvgIpc) is 2.57. The molecule has 1 N–H and O–H groups in total. The fourth-order valence-electron chi connectivity index (χ4n) is 2.76. The van der Waals surface area contributed by atoms with E-state index in [0.29, 0.717) is 30.3 Å². The van der Waals surface area contributed by atoms with E-state index in [4.69, 9.17) is 4.74 Å². The number of carbonyl (C=O) groups excluding carboxylic acids is 1. The number of anilines is 2. The fraction of sp³-hybridized carbons (Fsp3) is 0.278. The molecule has 1 amide bonds. The molecular formula is C18H20N2O4S. The lowest BCUT2D eigenvalue weighted by Crippen LogP contribution is -2.36. The smallest absolute Gasteiger partial charge is 0.261 e. The first-order valence-corrected chi connectivity index (χ1v) is 9.42. The van der Waals surface area contributed by atoms with E-state index in [1.807, 2.05) is 19.9 Å². The van der Waals surface area contributed by atoms with Gasteiger partial charge in [-0.2, -0.15) is 0 Å². The van der Waals surface area contributed by atoms with Crippen molar-refractivity contribution in [2.75, 3.05) is 22.8 Å². The van der Waals surface area contributed by atoms with Gasteiger partial charge >= 0.3 is 0 Å². The topological polar surface area (TPSA) is 75.7 Å². The summed E-state index contributed by atoms with van der Waals surface area (Å²) >= 11 is 0. The van der Waals surface area contributed by atoms with Gasteiger partial charge in [0.2, 0.25) is 5.91 Å². The summed E-state index contributed by atoms with van der Waals surface area (Å²) in [4.78, 5) is 13.4. The minimum absolute atomic E-state index is 0.0870. The number of hydrogen-bond acceptors (Lipinski definition) is 4. The van der Waals surface area contributed by atoms with Crippen molar-refractivity contribution >= 4 is 27.3 Å². The second-order valence-electron chi connectivity index (χ2n) is 6.00. The Labute approximate surface area is 147 Å². The van der Waals surface area contributed by atoms with Crippen molar-refractivity contribution < 1.29 is 17.9 Å². The lowest BCUT2D eigenvalue weighted by Gasteiger charge is -2.29. The fourth-order valence-corrected chi connectivity index (χ4v) is 3.90. The summed E-state index contributed by atoms with van der Waals surface area (Å²) in [5.41, 5.74) is 2.89. The largest absolute Gasteiger partial charge is 0.490 e. The highest BCUT2D eigenvalue weighted by atomic mass is 32.2. The van der Waals surface area contributed by atoms with Gasteiger partial charge in [0.25, 0.3) is 10.0 Å². The first-order chi connectivity index (χ1) is 11.8. The van der Waals surface area contributed by atoms with Gasteiger partial charge in [0.05, 0.1) is 22.8 Å². The molecule has 1 aliphatic rings. The molecule has 1 heterocycles. The van der Waals surface area contributed by atoms with E-state index >= 15 is 0 Å². The zero-order valence-electron chi connectivity index (χ0n) is 14.4. The third kappa shape index (κ3) is 3.32. The average molecular weight is 360 g/mol. The minimum atomic E-state index is -3.78. The number of benzene rings is 2. The monoisotopic (exact) mass is 360 g/mol. The van der Waals surface area contributed by atoms with Gasteiger partial charge in [0, 0.05) is 6.92 Å². The number of fused-ring (bicyclic) bond motifs is 1. The SMILES string of the molecule is CC(=O)N1CCOc2ccc(S(=O)(=O)Nc3cccc(C)c3C)cc21. The Morgan fingerprint density at radius 1 is 1.20 bits per heavy atom. The highest BCUT2D eigenvalue weighted by Gasteiger charge is 2.25. The zero-order chi connectivity index (χ0) is 18.2. The third-order valence-corrected chi connectivity index (χ3v) is 5.70. The number of carbonyl (C=O) groups is 1. The predicted molar refractivity (Wildman–Crippen MR) is 96.7 cm³/mol. The second kappa shape index (κ2) is 6.40. The maximum atomic E-state index is 12.8. The number of ether oxygens (including phenoxy) is 1. The Balaban J connectivity index is 1.99. The van der Waals surface area contributed by atoms with E-state index in [2.05, 4.69) is 4.72 Å². The van der Waals surface area contributed by atoms with Crippen LogP contribution >= 0.6 is 0 Å². The molecular weight excluding hydrogens is 340 g/mol. The predicted octanol–water partition coefficient (Wildman–Crippen LogP) is 2.85. The summed E-state index contributed by atoms with van der Waals surface area (Å²) in [7, 11) is -3.78. The molecule has 0 bridgehead atoms. The number of rotatable bonds is 3.